The van der Waals surface area contributed by atoms with E-state index in [1.807, 2.05) is 12.1 Å². The topological polar surface area (TPSA) is 20.3 Å². The molecule has 19 heavy (non-hydrogen) atoms. The zero-order valence-electron chi connectivity index (χ0n) is 10.2. The largest absolute Gasteiger partial charge is 0.406 e. The molecule has 0 fully saturated rings. The molecule has 0 N–H and O–H groups in total. The molecule has 0 saturated heterocycles. The molecule has 0 aliphatic carbocycles. The Morgan fingerprint density at radius 3 is 2.58 bits per heavy atom. The molecule has 0 saturated carbocycles. The maximum atomic E-state index is 12.1. The molecule has 0 radical (unpaired) electrons. The van der Waals surface area contributed by atoms with Crippen LogP contribution in [0.15, 0.2) is 24.3 Å². The number of alkyl halides is 3. The first-order chi connectivity index (χ1) is 8.79. The maximum absolute atomic E-state index is 12.1. The molecule has 0 spiro atoms. The summed E-state index contributed by atoms with van der Waals surface area (Å²) in [6.45, 7) is -1.22. The zero-order chi connectivity index (χ0) is 14.5. The number of carbonyl (C=O) groups is 1. The van der Waals surface area contributed by atoms with Crippen molar-refractivity contribution in [3.8, 4) is 0 Å². The van der Waals surface area contributed by atoms with Crippen LogP contribution in [0.3, 0.4) is 0 Å². The summed E-state index contributed by atoms with van der Waals surface area (Å²) in [5.74, 6) is -0.0577. The van der Waals surface area contributed by atoms with E-state index in [0.29, 0.717) is 15.7 Å². The first-order valence-electron chi connectivity index (χ1n) is 5.41. The van der Waals surface area contributed by atoms with Crippen molar-refractivity contribution in [2.24, 2.45) is 0 Å². The number of hydrogen-bond acceptors (Lipinski definition) is 2. The van der Waals surface area contributed by atoms with E-state index < -0.39 is 18.6 Å². The Balaban J connectivity index is 2.37. The lowest BCUT2D eigenvalue weighted by molar-refractivity contribution is -0.156. The highest BCUT2D eigenvalue weighted by atomic mass is 35.5. The van der Waals surface area contributed by atoms with Crippen LogP contribution in [-0.2, 0) is 10.5 Å². The summed E-state index contributed by atoms with van der Waals surface area (Å²) >= 11 is 7.17. The molecule has 7 heteroatoms. The predicted molar refractivity (Wildman–Crippen MR) is 71.3 cm³/mol. The Morgan fingerprint density at radius 2 is 2.00 bits per heavy atom. The molecule has 0 unspecified atom stereocenters. The minimum atomic E-state index is -4.36. The first kappa shape index (κ1) is 16.2. The van der Waals surface area contributed by atoms with Crippen molar-refractivity contribution in [3.63, 3.8) is 0 Å². The van der Waals surface area contributed by atoms with E-state index in [9.17, 15) is 18.0 Å². The molecule has 0 aliphatic heterocycles. The summed E-state index contributed by atoms with van der Waals surface area (Å²) in [5, 5.41) is 0.589. The number of nitrogens with zero attached hydrogens (tertiary/aromatic N) is 1. The van der Waals surface area contributed by atoms with Gasteiger partial charge in [-0.1, -0.05) is 29.8 Å². The van der Waals surface area contributed by atoms with E-state index in [4.69, 9.17) is 11.6 Å². The van der Waals surface area contributed by atoms with E-state index in [1.54, 1.807) is 12.1 Å². The molecule has 0 aliphatic rings. The standard InChI is InChI=1S/C12H13ClF3NOS/c1-17(8-12(14,15)16)11(18)7-19-6-9-4-2-3-5-10(9)13/h2-5H,6-8H2,1H3. The van der Waals surface area contributed by atoms with Crippen LogP contribution in [-0.4, -0.2) is 36.3 Å². The minimum Gasteiger partial charge on any atom is -0.336 e. The van der Waals surface area contributed by atoms with Gasteiger partial charge in [0.05, 0.1) is 5.75 Å². The van der Waals surface area contributed by atoms with Crippen molar-refractivity contribution in [1.82, 2.24) is 4.90 Å². The van der Waals surface area contributed by atoms with Gasteiger partial charge in [0, 0.05) is 17.8 Å². The third-order valence-electron chi connectivity index (χ3n) is 2.28. The second-order valence-electron chi connectivity index (χ2n) is 3.95. The third kappa shape index (κ3) is 6.20. The van der Waals surface area contributed by atoms with E-state index in [-0.39, 0.29) is 5.75 Å². The van der Waals surface area contributed by atoms with Gasteiger partial charge in [-0.15, -0.1) is 11.8 Å². The van der Waals surface area contributed by atoms with E-state index in [0.717, 1.165) is 12.6 Å². The normalized spacial score (nSPS) is 11.4. The molecule has 0 atom stereocenters. The van der Waals surface area contributed by atoms with Crippen LogP contribution in [0.4, 0.5) is 13.2 Å². The lowest BCUT2D eigenvalue weighted by Crippen LogP contribution is -2.36. The molecule has 106 valence electrons. The van der Waals surface area contributed by atoms with Crippen LogP contribution < -0.4 is 0 Å². The highest BCUT2D eigenvalue weighted by Crippen LogP contribution is 2.21. The number of thioether (sulfide) groups is 1. The van der Waals surface area contributed by atoms with Gasteiger partial charge in [0.2, 0.25) is 5.91 Å². The zero-order valence-corrected chi connectivity index (χ0v) is 11.8. The van der Waals surface area contributed by atoms with E-state index in [1.165, 1.54) is 11.8 Å². The van der Waals surface area contributed by atoms with Gasteiger partial charge < -0.3 is 4.90 Å². The van der Waals surface area contributed by atoms with E-state index >= 15 is 0 Å². The molecule has 1 amide bonds. The summed E-state index contributed by atoms with van der Waals surface area (Å²) < 4.78 is 36.3. The van der Waals surface area contributed by atoms with Crippen molar-refractivity contribution in [2.45, 2.75) is 11.9 Å². The van der Waals surface area contributed by atoms with Gasteiger partial charge in [-0.2, -0.15) is 13.2 Å². The molecule has 1 aromatic rings. The maximum Gasteiger partial charge on any atom is 0.406 e. The quantitative estimate of drug-likeness (QED) is 0.828. The second-order valence-corrected chi connectivity index (χ2v) is 5.34. The van der Waals surface area contributed by atoms with Crippen molar-refractivity contribution < 1.29 is 18.0 Å². The number of benzene rings is 1. The Hall–Kier alpha value is -0.880. The molecule has 0 aromatic heterocycles. The average Bonchev–Trinajstić information content (AvgIpc) is 2.29. The molecular formula is C12H13ClF3NOS. The van der Waals surface area contributed by atoms with Gasteiger partial charge in [-0.05, 0) is 11.6 Å². The van der Waals surface area contributed by atoms with Gasteiger partial charge in [-0.3, -0.25) is 4.79 Å². The van der Waals surface area contributed by atoms with Crippen LogP contribution in [0, 0.1) is 0 Å². The molecule has 1 rings (SSSR count). The van der Waals surface area contributed by atoms with Gasteiger partial charge >= 0.3 is 6.18 Å². The Morgan fingerprint density at radius 1 is 1.37 bits per heavy atom. The molecular weight excluding hydrogens is 299 g/mol. The van der Waals surface area contributed by atoms with Gasteiger partial charge in [0.25, 0.3) is 0 Å². The molecule has 0 heterocycles. The Kier molecular flexibility index (Phi) is 6.00. The fourth-order valence-corrected chi connectivity index (χ4v) is 2.58. The Bertz CT molecular complexity index is 439. The van der Waals surface area contributed by atoms with Crippen LogP contribution in [0.5, 0.6) is 0 Å². The number of halogens is 4. The Labute approximate surface area is 118 Å². The lowest BCUT2D eigenvalue weighted by atomic mass is 10.2. The number of hydrogen-bond donors (Lipinski definition) is 0. The summed E-state index contributed by atoms with van der Waals surface area (Å²) in [7, 11) is 1.14. The van der Waals surface area contributed by atoms with Crippen LogP contribution in [0.1, 0.15) is 5.56 Å². The van der Waals surface area contributed by atoms with Crippen molar-refractivity contribution in [1.29, 1.82) is 0 Å². The minimum absolute atomic E-state index is 0.00218. The summed E-state index contributed by atoms with van der Waals surface area (Å²) in [4.78, 5) is 12.1. The number of carbonyl (C=O) groups excluding carboxylic acids is 1. The first-order valence-corrected chi connectivity index (χ1v) is 6.95. The number of amides is 1. The molecule has 1 aromatic carbocycles. The third-order valence-corrected chi connectivity index (χ3v) is 3.62. The van der Waals surface area contributed by atoms with Crippen molar-refractivity contribution in [3.05, 3.63) is 34.9 Å². The highest BCUT2D eigenvalue weighted by molar-refractivity contribution is 7.99. The molecule has 2 nitrogen and oxygen atoms in total. The fraction of sp³-hybridized carbons (Fsp3) is 0.417. The monoisotopic (exact) mass is 311 g/mol. The van der Waals surface area contributed by atoms with Gasteiger partial charge in [0.15, 0.2) is 0 Å². The predicted octanol–water partition coefficient (Wildman–Crippen LogP) is 3.59. The van der Waals surface area contributed by atoms with Gasteiger partial charge in [0.1, 0.15) is 6.54 Å². The smallest absolute Gasteiger partial charge is 0.336 e. The van der Waals surface area contributed by atoms with Crippen molar-refractivity contribution >= 4 is 29.3 Å². The van der Waals surface area contributed by atoms with Crippen LogP contribution in [0.2, 0.25) is 5.02 Å². The van der Waals surface area contributed by atoms with E-state index in [2.05, 4.69) is 0 Å². The summed E-state index contributed by atoms with van der Waals surface area (Å²) in [6.07, 6.45) is -4.36. The van der Waals surface area contributed by atoms with Crippen molar-refractivity contribution in [2.75, 3.05) is 19.3 Å². The average molecular weight is 312 g/mol. The molecule has 0 bridgehead atoms. The fourth-order valence-electron chi connectivity index (χ4n) is 1.33. The van der Waals surface area contributed by atoms with Crippen LogP contribution in [0.25, 0.3) is 0 Å². The van der Waals surface area contributed by atoms with Gasteiger partial charge in [-0.25, -0.2) is 0 Å². The summed E-state index contributed by atoms with van der Waals surface area (Å²) in [6, 6.07) is 7.16. The number of rotatable bonds is 5. The summed E-state index contributed by atoms with van der Waals surface area (Å²) in [5.41, 5.74) is 0.862. The van der Waals surface area contributed by atoms with Crippen LogP contribution >= 0.6 is 23.4 Å². The highest BCUT2D eigenvalue weighted by Gasteiger charge is 2.30. The lowest BCUT2D eigenvalue weighted by Gasteiger charge is -2.18. The SMILES string of the molecule is CN(CC(F)(F)F)C(=O)CSCc1ccccc1Cl. The second kappa shape index (κ2) is 7.05.